The van der Waals surface area contributed by atoms with Crippen LogP contribution in [0.1, 0.15) is 23.1 Å². The molecule has 0 aromatic carbocycles. The van der Waals surface area contributed by atoms with Gasteiger partial charge in [-0.2, -0.15) is 10.2 Å². The number of amides is 2. The molecule has 0 atom stereocenters. The van der Waals surface area contributed by atoms with Gasteiger partial charge in [-0.25, -0.2) is 0 Å². The van der Waals surface area contributed by atoms with Crippen LogP contribution in [0, 0.1) is 6.92 Å². The van der Waals surface area contributed by atoms with Crippen LogP contribution in [0.5, 0.6) is 0 Å². The maximum Gasteiger partial charge on any atom is 0.273 e. The van der Waals surface area contributed by atoms with E-state index in [-0.39, 0.29) is 24.1 Å². The minimum Gasteiger partial charge on any atom is -0.354 e. The molecule has 2 aromatic rings. The van der Waals surface area contributed by atoms with E-state index in [9.17, 15) is 9.59 Å². The lowest BCUT2D eigenvalue weighted by molar-refractivity contribution is -0.116. The fraction of sp³-hybridized carbons (Fsp3) is 0.385. The minimum absolute atomic E-state index is 0.0525. The highest BCUT2D eigenvalue weighted by molar-refractivity contribution is 9.10. The SMILES string of the molecule is CCn1cc(NC(=O)Cn2cc(Br)c(C)n2)c(C(=O)NC)n1. The first-order valence-corrected chi connectivity index (χ1v) is 7.52. The molecule has 0 radical (unpaired) electrons. The van der Waals surface area contributed by atoms with Crippen molar-refractivity contribution >= 4 is 33.4 Å². The Morgan fingerprint density at radius 3 is 2.55 bits per heavy atom. The zero-order chi connectivity index (χ0) is 16.3. The molecule has 2 rings (SSSR count). The van der Waals surface area contributed by atoms with Crippen molar-refractivity contribution in [2.75, 3.05) is 12.4 Å². The zero-order valence-electron chi connectivity index (χ0n) is 12.6. The van der Waals surface area contributed by atoms with E-state index < -0.39 is 0 Å². The van der Waals surface area contributed by atoms with E-state index >= 15 is 0 Å². The first-order chi connectivity index (χ1) is 10.4. The number of aromatic nitrogens is 4. The lowest BCUT2D eigenvalue weighted by Gasteiger charge is -2.04. The summed E-state index contributed by atoms with van der Waals surface area (Å²) in [7, 11) is 1.52. The number of halogens is 1. The van der Waals surface area contributed by atoms with E-state index in [4.69, 9.17) is 0 Å². The molecule has 0 bridgehead atoms. The Morgan fingerprint density at radius 2 is 2.00 bits per heavy atom. The summed E-state index contributed by atoms with van der Waals surface area (Å²) in [6.45, 7) is 4.39. The molecule has 9 heteroatoms. The Morgan fingerprint density at radius 1 is 1.27 bits per heavy atom. The molecule has 2 N–H and O–H groups in total. The topological polar surface area (TPSA) is 93.8 Å². The molecular weight excluding hydrogens is 352 g/mol. The average molecular weight is 369 g/mol. The van der Waals surface area contributed by atoms with Gasteiger partial charge in [0.1, 0.15) is 6.54 Å². The summed E-state index contributed by atoms with van der Waals surface area (Å²) in [6.07, 6.45) is 3.36. The summed E-state index contributed by atoms with van der Waals surface area (Å²) < 4.78 is 3.96. The van der Waals surface area contributed by atoms with Crippen molar-refractivity contribution in [2.45, 2.75) is 26.9 Å². The van der Waals surface area contributed by atoms with Crippen molar-refractivity contribution in [1.29, 1.82) is 0 Å². The first-order valence-electron chi connectivity index (χ1n) is 6.73. The Balaban J connectivity index is 2.13. The van der Waals surface area contributed by atoms with Crippen LogP contribution in [0.25, 0.3) is 0 Å². The highest BCUT2D eigenvalue weighted by Gasteiger charge is 2.17. The van der Waals surface area contributed by atoms with Gasteiger partial charge in [0.25, 0.3) is 5.91 Å². The fourth-order valence-corrected chi connectivity index (χ4v) is 2.19. The van der Waals surface area contributed by atoms with Gasteiger partial charge in [-0.1, -0.05) is 0 Å². The summed E-state index contributed by atoms with van der Waals surface area (Å²) in [6, 6.07) is 0. The van der Waals surface area contributed by atoms with Gasteiger partial charge in [0.15, 0.2) is 5.69 Å². The van der Waals surface area contributed by atoms with Crippen LogP contribution in [-0.4, -0.2) is 38.4 Å². The van der Waals surface area contributed by atoms with Crippen LogP contribution in [0.15, 0.2) is 16.9 Å². The van der Waals surface area contributed by atoms with Gasteiger partial charge >= 0.3 is 0 Å². The summed E-state index contributed by atoms with van der Waals surface area (Å²) in [5.41, 5.74) is 1.38. The van der Waals surface area contributed by atoms with E-state index in [1.54, 1.807) is 17.1 Å². The fourth-order valence-electron chi connectivity index (χ4n) is 1.87. The average Bonchev–Trinajstić information content (AvgIpc) is 3.01. The molecule has 0 unspecified atom stereocenters. The van der Waals surface area contributed by atoms with Crippen molar-refractivity contribution in [3.63, 3.8) is 0 Å². The monoisotopic (exact) mass is 368 g/mol. The molecule has 0 fully saturated rings. The molecule has 2 aromatic heterocycles. The second-order valence-corrected chi connectivity index (χ2v) is 5.49. The standard InChI is InChI=1S/C13H17BrN6O2/c1-4-19-6-10(12(18-19)13(22)15-3)16-11(21)7-20-5-9(14)8(2)17-20/h5-6H,4,7H2,1-3H3,(H,15,22)(H,16,21). The number of hydrogen-bond donors (Lipinski definition) is 2. The Bertz CT molecular complexity index is 686. The van der Waals surface area contributed by atoms with Gasteiger partial charge < -0.3 is 10.6 Å². The maximum absolute atomic E-state index is 12.1. The predicted octanol–water partition coefficient (Wildman–Crippen LogP) is 1.17. The first kappa shape index (κ1) is 16.2. The smallest absolute Gasteiger partial charge is 0.273 e. The summed E-state index contributed by atoms with van der Waals surface area (Å²) >= 11 is 3.34. The van der Waals surface area contributed by atoms with E-state index in [0.717, 1.165) is 10.2 Å². The number of hydrogen-bond acceptors (Lipinski definition) is 4. The predicted molar refractivity (Wildman–Crippen MR) is 84.6 cm³/mol. The third kappa shape index (κ3) is 3.53. The Hall–Kier alpha value is -2.16. The number of anilines is 1. The molecule has 0 aliphatic carbocycles. The van der Waals surface area contributed by atoms with Crippen molar-refractivity contribution in [1.82, 2.24) is 24.9 Å². The molecule has 0 spiro atoms. The molecule has 0 saturated carbocycles. The van der Waals surface area contributed by atoms with Crippen LogP contribution in [0.3, 0.4) is 0 Å². The number of rotatable bonds is 5. The van der Waals surface area contributed by atoms with Gasteiger partial charge in [-0.05, 0) is 29.8 Å². The van der Waals surface area contributed by atoms with Gasteiger partial charge in [-0.15, -0.1) is 0 Å². The van der Waals surface area contributed by atoms with Gasteiger partial charge in [0.05, 0.1) is 15.9 Å². The van der Waals surface area contributed by atoms with Crippen LogP contribution >= 0.6 is 15.9 Å². The van der Waals surface area contributed by atoms with Crippen molar-refractivity contribution in [3.05, 3.63) is 28.3 Å². The second-order valence-electron chi connectivity index (χ2n) is 4.63. The van der Waals surface area contributed by atoms with Crippen LogP contribution in [-0.2, 0) is 17.9 Å². The Labute approximate surface area is 136 Å². The molecule has 118 valence electrons. The molecule has 0 aliphatic heterocycles. The van der Waals surface area contributed by atoms with E-state index in [1.165, 1.54) is 11.7 Å². The molecule has 0 saturated heterocycles. The van der Waals surface area contributed by atoms with Crippen molar-refractivity contribution in [3.8, 4) is 0 Å². The third-order valence-corrected chi connectivity index (χ3v) is 3.77. The maximum atomic E-state index is 12.1. The molecule has 2 heterocycles. The van der Waals surface area contributed by atoms with Gasteiger partial charge in [-0.3, -0.25) is 19.0 Å². The van der Waals surface area contributed by atoms with Crippen molar-refractivity contribution < 1.29 is 9.59 Å². The zero-order valence-corrected chi connectivity index (χ0v) is 14.1. The number of carbonyl (C=O) groups is 2. The van der Waals surface area contributed by atoms with Crippen LogP contribution in [0.4, 0.5) is 5.69 Å². The highest BCUT2D eigenvalue weighted by atomic mass is 79.9. The number of nitrogens with one attached hydrogen (secondary N) is 2. The van der Waals surface area contributed by atoms with Crippen LogP contribution < -0.4 is 10.6 Å². The minimum atomic E-state index is -0.347. The summed E-state index contributed by atoms with van der Waals surface area (Å²) in [5, 5.41) is 13.5. The molecule has 0 aliphatic rings. The van der Waals surface area contributed by atoms with E-state index in [1.807, 2.05) is 13.8 Å². The number of nitrogens with zero attached hydrogens (tertiary/aromatic N) is 4. The van der Waals surface area contributed by atoms with E-state index in [2.05, 4.69) is 36.8 Å². The lowest BCUT2D eigenvalue weighted by Crippen LogP contribution is -2.23. The molecule has 22 heavy (non-hydrogen) atoms. The quantitative estimate of drug-likeness (QED) is 0.827. The molecule has 8 nitrogen and oxygen atoms in total. The Kier molecular flexibility index (Phi) is 4.96. The number of aryl methyl sites for hydroxylation is 2. The lowest BCUT2D eigenvalue weighted by atomic mass is 10.3. The summed E-state index contributed by atoms with van der Waals surface area (Å²) in [4.78, 5) is 23.9. The van der Waals surface area contributed by atoms with Gasteiger partial charge in [0.2, 0.25) is 5.91 Å². The molecular formula is C13H17BrN6O2. The normalized spacial score (nSPS) is 10.5. The second kappa shape index (κ2) is 6.73. The van der Waals surface area contributed by atoms with Crippen LogP contribution in [0.2, 0.25) is 0 Å². The number of carbonyl (C=O) groups excluding carboxylic acids is 2. The summed E-state index contributed by atoms with van der Waals surface area (Å²) in [5.74, 6) is -0.629. The highest BCUT2D eigenvalue weighted by Crippen LogP contribution is 2.15. The third-order valence-electron chi connectivity index (χ3n) is 2.99. The van der Waals surface area contributed by atoms with E-state index in [0.29, 0.717) is 12.2 Å². The molecule has 2 amide bonds. The largest absolute Gasteiger partial charge is 0.354 e. The van der Waals surface area contributed by atoms with Crippen molar-refractivity contribution in [2.24, 2.45) is 0 Å². The van der Waals surface area contributed by atoms with Gasteiger partial charge in [0, 0.05) is 26.0 Å².